The zero-order valence-electron chi connectivity index (χ0n) is 17.1. The number of ether oxygens (including phenoxy) is 3. The number of fused-ring (bicyclic) bond motifs is 1. The van der Waals surface area contributed by atoms with Gasteiger partial charge in [0.1, 0.15) is 6.10 Å². The minimum Gasteiger partial charge on any atom is -0.471 e. The topological polar surface area (TPSA) is 98.6 Å². The van der Waals surface area contributed by atoms with E-state index in [1.54, 1.807) is 13.3 Å². The van der Waals surface area contributed by atoms with E-state index in [9.17, 15) is 5.11 Å². The van der Waals surface area contributed by atoms with Gasteiger partial charge in [-0.15, -0.1) is 0 Å². The monoisotopic (exact) mass is 402 g/mol. The summed E-state index contributed by atoms with van der Waals surface area (Å²) in [5.74, 6) is 1.46. The lowest BCUT2D eigenvalue weighted by atomic mass is 9.83. The Morgan fingerprint density at radius 3 is 2.76 bits per heavy atom. The van der Waals surface area contributed by atoms with Crippen LogP contribution in [0.15, 0.2) is 12.4 Å². The van der Waals surface area contributed by atoms with Crippen molar-refractivity contribution in [2.75, 3.05) is 32.2 Å². The van der Waals surface area contributed by atoms with Gasteiger partial charge in [0.05, 0.1) is 36.8 Å². The molecule has 2 aromatic rings. The zero-order valence-corrected chi connectivity index (χ0v) is 17.1. The van der Waals surface area contributed by atoms with Gasteiger partial charge < -0.3 is 24.6 Å². The maximum Gasteiger partial charge on any atom is 0.224 e. The predicted molar refractivity (Wildman–Crippen MR) is 109 cm³/mol. The largest absolute Gasteiger partial charge is 0.471 e. The summed E-state index contributed by atoms with van der Waals surface area (Å²) >= 11 is 0. The number of aliphatic hydroxyl groups excluding tert-OH is 1. The van der Waals surface area contributed by atoms with Gasteiger partial charge in [-0.2, -0.15) is 0 Å². The highest BCUT2D eigenvalue weighted by Crippen LogP contribution is 2.38. The molecule has 2 aromatic heterocycles. The Balaban J connectivity index is 1.68. The SMILES string of the molecule is COC[C@H](C)Nc1ncc2c(O[C@@H]3CCOC3)ncc([C@H]3CC[C@H](O)CC3)c2n1. The number of methoxy groups -OCH3 is 1. The Kier molecular flexibility index (Phi) is 6.42. The number of rotatable bonds is 7. The Hall–Kier alpha value is -2.03. The van der Waals surface area contributed by atoms with Gasteiger partial charge in [-0.1, -0.05) is 0 Å². The van der Waals surface area contributed by atoms with Crippen molar-refractivity contribution in [2.24, 2.45) is 0 Å². The van der Waals surface area contributed by atoms with Crippen LogP contribution in [-0.4, -0.2) is 65.2 Å². The molecule has 0 amide bonds. The van der Waals surface area contributed by atoms with Crippen molar-refractivity contribution in [1.29, 1.82) is 0 Å². The van der Waals surface area contributed by atoms with E-state index >= 15 is 0 Å². The summed E-state index contributed by atoms with van der Waals surface area (Å²) in [4.78, 5) is 14.0. The highest BCUT2D eigenvalue weighted by Gasteiger charge is 2.26. The summed E-state index contributed by atoms with van der Waals surface area (Å²) in [6.45, 7) is 3.90. The molecule has 4 rings (SSSR count). The van der Waals surface area contributed by atoms with Gasteiger partial charge in [0.2, 0.25) is 11.8 Å². The molecule has 2 N–H and O–H groups in total. The van der Waals surface area contributed by atoms with E-state index in [2.05, 4.69) is 15.3 Å². The molecular formula is C21H30N4O4. The average Bonchev–Trinajstić information content (AvgIpc) is 3.22. The van der Waals surface area contributed by atoms with Crippen LogP contribution < -0.4 is 10.1 Å². The first-order chi connectivity index (χ1) is 14.1. The summed E-state index contributed by atoms with van der Waals surface area (Å²) in [6, 6.07) is 0.0962. The van der Waals surface area contributed by atoms with Gasteiger partial charge in [-0.25, -0.2) is 15.0 Å². The van der Waals surface area contributed by atoms with Gasteiger partial charge in [0.25, 0.3) is 0 Å². The van der Waals surface area contributed by atoms with Gasteiger partial charge in [-0.3, -0.25) is 0 Å². The van der Waals surface area contributed by atoms with Crippen molar-refractivity contribution >= 4 is 16.9 Å². The summed E-state index contributed by atoms with van der Waals surface area (Å²) in [7, 11) is 1.68. The van der Waals surface area contributed by atoms with Crippen molar-refractivity contribution in [3.05, 3.63) is 18.0 Å². The highest BCUT2D eigenvalue weighted by molar-refractivity contribution is 5.86. The summed E-state index contributed by atoms with van der Waals surface area (Å²) in [6.07, 6.45) is 7.85. The maximum absolute atomic E-state index is 9.89. The second kappa shape index (κ2) is 9.19. The standard InChI is InChI=1S/C21H30N4O4/c1-13(11-27-2)24-21-23-10-18-19(25-21)17(14-3-5-15(26)6-4-14)9-22-20(18)29-16-7-8-28-12-16/h9-10,13-16,26H,3-8,11-12H2,1-2H3,(H,23,24,25)/t13-,14-,15-,16+/m0/s1. The third-order valence-electron chi connectivity index (χ3n) is 5.71. The quantitative estimate of drug-likeness (QED) is 0.729. The molecule has 8 heteroatoms. The van der Waals surface area contributed by atoms with Gasteiger partial charge in [0, 0.05) is 37.5 Å². The van der Waals surface area contributed by atoms with E-state index in [4.69, 9.17) is 19.2 Å². The molecule has 2 aliphatic rings. The Morgan fingerprint density at radius 1 is 1.21 bits per heavy atom. The van der Waals surface area contributed by atoms with Crippen LogP contribution in [0.25, 0.3) is 10.9 Å². The van der Waals surface area contributed by atoms with Crippen LogP contribution in [0.4, 0.5) is 5.95 Å². The number of aliphatic hydroxyl groups is 1. The van der Waals surface area contributed by atoms with E-state index in [-0.39, 0.29) is 18.2 Å². The van der Waals surface area contributed by atoms with Crippen molar-refractivity contribution in [3.8, 4) is 5.88 Å². The molecule has 0 radical (unpaired) electrons. The van der Waals surface area contributed by atoms with Crippen molar-refractivity contribution in [2.45, 2.75) is 63.2 Å². The Morgan fingerprint density at radius 2 is 2.03 bits per heavy atom. The minimum absolute atomic E-state index is 0.0147. The first-order valence-corrected chi connectivity index (χ1v) is 10.5. The van der Waals surface area contributed by atoms with Gasteiger partial charge in [-0.05, 0) is 38.5 Å². The van der Waals surface area contributed by atoms with Crippen molar-refractivity contribution < 1.29 is 19.3 Å². The number of pyridine rings is 1. The first kappa shape index (κ1) is 20.3. The van der Waals surface area contributed by atoms with E-state index < -0.39 is 0 Å². The van der Waals surface area contributed by atoms with Crippen LogP contribution in [0.2, 0.25) is 0 Å². The molecule has 0 spiro atoms. The molecule has 1 aliphatic heterocycles. The van der Waals surface area contributed by atoms with Crippen molar-refractivity contribution in [1.82, 2.24) is 15.0 Å². The van der Waals surface area contributed by atoms with Crippen LogP contribution in [0, 0.1) is 0 Å². The molecule has 0 bridgehead atoms. The number of anilines is 1. The molecule has 0 aromatic carbocycles. The van der Waals surface area contributed by atoms with E-state index in [1.165, 1.54) is 0 Å². The maximum atomic E-state index is 9.89. The van der Waals surface area contributed by atoms with Crippen LogP contribution in [0.3, 0.4) is 0 Å². The van der Waals surface area contributed by atoms with Gasteiger partial charge in [0.15, 0.2) is 0 Å². The summed E-state index contributed by atoms with van der Waals surface area (Å²) < 4.78 is 16.7. The van der Waals surface area contributed by atoms with E-state index in [0.29, 0.717) is 37.6 Å². The fraction of sp³-hybridized carbons (Fsp3) is 0.667. The molecule has 2 atom stereocenters. The van der Waals surface area contributed by atoms with Crippen LogP contribution in [0.1, 0.15) is 50.5 Å². The average molecular weight is 402 g/mol. The number of aromatic nitrogens is 3. The molecule has 8 nitrogen and oxygen atoms in total. The number of hydrogen-bond donors (Lipinski definition) is 2. The molecule has 2 fully saturated rings. The summed E-state index contributed by atoms with van der Waals surface area (Å²) in [5, 5.41) is 14.0. The molecule has 1 aliphatic carbocycles. The normalized spacial score (nSPS) is 25.8. The zero-order chi connectivity index (χ0) is 20.2. The van der Waals surface area contributed by atoms with Gasteiger partial charge >= 0.3 is 0 Å². The highest BCUT2D eigenvalue weighted by atomic mass is 16.5. The molecule has 3 heterocycles. The molecule has 0 unspecified atom stereocenters. The first-order valence-electron chi connectivity index (χ1n) is 10.5. The number of nitrogens with one attached hydrogen (secondary N) is 1. The minimum atomic E-state index is -0.197. The molecule has 158 valence electrons. The van der Waals surface area contributed by atoms with Crippen LogP contribution in [0.5, 0.6) is 5.88 Å². The molecule has 1 saturated carbocycles. The number of hydrogen-bond acceptors (Lipinski definition) is 8. The molecule has 29 heavy (non-hydrogen) atoms. The number of nitrogens with zero attached hydrogens (tertiary/aromatic N) is 3. The molecular weight excluding hydrogens is 372 g/mol. The second-order valence-electron chi connectivity index (χ2n) is 8.08. The van der Waals surface area contributed by atoms with Crippen LogP contribution >= 0.6 is 0 Å². The summed E-state index contributed by atoms with van der Waals surface area (Å²) in [5.41, 5.74) is 1.98. The van der Waals surface area contributed by atoms with E-state index in [1.807, 2.05) is 13.1 Å². The van der Waals surface area contributed by atoms with Crippen LogP contribution in [-0.2, 0) is 9.47 Å². The second-order valence-corrected chi connectivity index (χ2v) is 8.08. The van der Waals surface area contributed by atoms with E-state index in [0.717, 1.165) is 48.6 Å². The Bertz CT molecular complexity index is 820. The third-order valence-corrected chi connectivity index (χ3v) is 5.71. The lowest BCUT2D eigenvalue weighted by molar-refractivity contribution is 0.122. The lowest BCUT2D eigenvalue weighted by Gasteiger charge is -2.26. The fourth-order valence-electron chi connectivity index (χ4n) is 4.14. The fourth-order valence-corrected chi connectivity index (χ4v) is 4.14. The Labute approximate surface area is 171 Å². The molecule has 1 saturated heterocycles. The van der Waals surface area contributed by atoms with Crippen molar-refractivity contribution in [3.63, 3.8) is 0 Å². The predicted octanol–water partition coefficient (Wildman–Crippen LogP) is 2.66. The lowest BCUT2D eigenvalue weighted by Crippen LogP contribution is -2.22. The smallest absolute Gasteiger partial charge is 0.224 e. The third kappa shape index (κ3) is 4.76.